The third-order valence-corrected chi connectivity index (χ3v) is 5.33. The van der Waals surface area contributed by atoms with E-state index in [1.54, 1.807) is 41.5 Å². The summed E-state index contributed by atoms with van der Waals surface area (Å²) in [5, 5.41) is 2.65. The third kappa shape index (κ3) is 7.24. The van der Waals surface area contributed by atoms with Crippen LogP contribution in [0.4, 0.5) is 4.79 Å². The van der Waals surface area contributed by atoms with Crippen LogP contribution in [0.25, 0.3) is 0 Å². The highest BCUT2D eigenvalue weighted by Crippen LogP contribution is 2.36. The molecule has 0 radical (unpaired) electrons. The molecule has 1 aliphatic rings. The molecule has 1 fully saturated rings. The molecule has 1 atom stereocenters. The first-order chi connectivity index (χ1) is 14.4. The summed E-state index contributed by atoms with van der Waals surface area (Å²) in [4.78, 5) is 25.1. The Morgan fingerprint density at radius 2 is 1.38 bits per heavy atom. The van der Waals surface area contributed by atoms with Crippen LogP contribution in [0.2, 0.25) is 0 Å². The number of nitrogens with one attached hydrogen (secondary N) is 1. The van der Waals surface area contributed by atoms with Crippen molar-refractivity contribution in [1.82, 2.24) is 5.32 Å². The lowest BCUT2D eigenvalue weighted by molar-refractivity contribution is -0.157. The Morgan fingerprint density at radius 3 is 1.81 bits per heavy atom. The van der Waals surface area contributed by atoms with Crippen molar-refractivity contribution in [2.45, 2.75) is 104 Å². The monoisotopic (exact) mass is 447 g/mol. The summed E-state index contributed by atoms with van der Waals surface area (Å²) < 4.78 is 23.0. The molecule has 0 bridgehead atoms. The molecule has 1 amide bonds. The predicted octanol–water partition coefficient (Wildman–Crippen LogP) is 3.76. The van der Waals surface area contributed by atoms with Crippen molar-refractivity contribution >= 4 is 24.6 Å². The molecule has 1 saturated heterocycles. The van der Waals surface area contributed by atoms with Crippen molar-refractivity contribution in [3.05, 3.63) is 29.8 Å². The van der Waals surface area contributed by atoms with Gasteiger partial charge in [0.1, 0.15) is 17.2 Å². The van der Waals surface area contributed by atoms with Gasteiger partial charge in [0.15, 0.2) is 0 Å². The lowest BCUT2D eigenvalue weighted by atomic mass is 9.78. The van der Waals surface area contributed by atoms with E-state index in [4.69, 9.17) is 18.8 Å². The molecule has 32 heavy (non-hydrogen) atoms. The van der Waals surface area contributed by atoms with Crippen LogP contribution in [0.5, 0.6) is 0 Å². The van der Waals surface area contributed by atoms with Gasteiger partial charge in [0.05, 0.1) is 11.2 Å². The minimum atomic E-state index is -0.883. The van der Waals surface area contributed by atoms with Crippen LogP contribution in [-0.2, 0) is 30.0 Å². The minimum Gasteiger partial charge on any atom is -0.458 e. The summed E-state index contributed by atoms with van der Waals surface area (Å²) in [5.41, 5.74) is -0.442. The maximum Gasteiger partial charge on any atom is 0.494 e. The zero-order valence-electron chi connectivity index (χ0n) is 21.1. The molecule has 7 nitrogen and oxygen atoms in total. The predicted molar refractivity (Wildman–Crippen MR) is 125 cm³/mol. The Labute approximate surface area is 192 Å². The second-order valence-corrected chi connectivity index (χ2v) is 11.3. The molecule has 2 rings (SSSR count). The van der Waals surface area contributed by atoms with Crippen LogP contribution in [-0.4, -0.2) is 47.6 Å². The van der Waals surface area contributed by atoms with Crippen LogP contribution in [0, 0.1) is 0 Å². The zero-order valence-corrected chi connectivity index (χ0v) is 21.1. The van der Waals surface area contributed by atoms with E-state index in [1.807, 2.05) is 52.0 Å². The minimum absolute atomic E-state index is 0.262. The van der Waals surface area contributed by atoms with Gasteiger partial charge in [0, 0.05) is 6.42 Å². The van der Waals surface area contributed by atoms with E-state index in [1.165, 1.54) is 0 Å². The van der Waals surface area contributed by atoms with E-state index in [9.17, 15) is 9.59 Å². The second-order valence-electron chi connectivity index (χ2n) is 11.3. The van der Waals surface area contributed by atoms with Crippen molar-refractivity contribution in [2.24, 2.45) is 0 Å². The average molecular weight is 447 g/mol. The summed E-state index contributed by atoms with van der Waals surface area (Å²) >= 11 is 0. The fourth-order valence-corrected chi connectivity index (χ4v) is 3.04. The van der Waals surface area contributed by atoms with Crippen molar-refractivity contribution in [2.75, 3.05) is 0 Å². The molecule has 1 N–H and O–H groups in total. The van der Waals surface area contributed by atoms with Gasteiger partial charge >= 0.3 is 19.2 Å². The first-order valence-electron chi connectivity index (χ1n) is 11.1. The van der Waals surface area contributed by atoms with Crippen molar-refractivity contribution < 1.29 is 28.4 Å². The number of carbonyl (C=O) groups is 2. The molecule has 8 heteroatoms. The summed E-state index contributed by atoms with van der Waals surface area (Å²) in [5.74, 6) is -0.515. The number of alkyl carbamates (subject to hydrolysis) is 1. The number of hydrogen-bond donors (Lipinski definition) is 1. The van der Waals surface area contributed by atoms with E-state index in [-0.39, 0.29) is 6.42 Å². The molecule has 1 heterocycles. The topological polar surface area (TPSA) is 83.1 Å². The lowest BCUT2D eigenvalue weighted by Gasteiger charge is -2.32. The van der Waals surface area contributed by atoms with Gasteiger partial charge in [-0.05, 0) is 80.3 Å². The van der Waals surface area contributed by atoms with Crippen molar-refractivity contribution in [1.29, 1.82) is 0 Å². The Hall–Kier alpha value is -2.06. The highest BCUT2D eigenvalue weighted by atomic mass is 16.7. The molecule has 1 aromatic rings. The molecule has 0 aliphatic carbocycles. The summed E-state index contributed by atoms with van der Waals surface area (Å²) in [6, 6.07) is 6.74. The molecule has 1 aromatic carbocycles. The van der Waals surface area contributed by atoms with E-state index >= 15 is 0 Å². The number of ether oxygens (including phenoxy) is 2. The van der Waals surface area contributed by atoms with E-state index < -0.39 is 47.6 Å². The first kappa shape index (κ1) is 26.2. The van der Waals surface area contributed by atoms with Crippen molar-refractivity contribution in [3.63, 3.8) is 0 Å². The molecule has 0 unspecified atom stereocenters. The van der Waals surface area contributed by atoms with E-state index in [2.05, 4.69) is 5.32 Å². The largest absolute Gasteiger partial charge is 0.494 e. The number of benzene rings is 1. The Balaban J connectivity index is 2.14. The van der Waals surface area contributed by atoms with Crippen LogP contribution in [0.1, 0.15) is 74.8 Å². The van der Waals surface area contributed by atoms with E-state index in [0.29, 0.717) is 0 Å². The van der Waals surface area contributed by atoms with Gasteiger partial charge in [-0.15, -0.1) is 0 Å². The quantitative estimate of drug-likeness (QED) is 0.547. The number of rotatable bonds is 5. The lowest BCUT2D eigenvalue weighted by Crippen LogP contribution is -2.47. The Bertz CT molecular complexity index is 804. The number of carbonyl (C=O) groups excluding carboxylic acids is 2. The number of esters is 1. The van der Waals surface area contributed by atoms with Gasteiger partial charge in [0.2, 0.25) is 0 Å². The molecular formula is C24H38BNO6. The molecule has 0 spiro atoms. The van der Waals surface area contributed by atoms with E-state index in [0.717, 1.165) is 11.0 Å². The Kier molecular flexibility index (Phi) is 7.42. The average Bonchev–Trinajstić information content (AvgIpc) is 2.79. The SMILES string of the molecule is CC(C)(C)OC(=O)N[C@H](Cc1ccc(B2OC(C)(C)C(C)(C)O2)cc1)C(=O)OC(C)(C)C. The summed E-state index contributed by atoms with van der Waals surface area (Å²) in [6.45, 7) is 18.7. The molecule has 0 saturated carbocycles. The van der Waals surface area contributed by atoms with Gasteiger partial charge in [0.25, 0.3) is 0 Å². The highest BCUT2D eigenvalue weighted by Gasteiger charge is 2.51. The number of amides is 1. The standard InChI is InChI=1S/C24H38BNO6/c1-21(2,3)29-19(27)18(26-20(28)30-22(4,5)6)15-16-11-13-17(14-12-16)25-31-23(7,8)24(9,10)32-25/h11-14,18H,15H2,1-10H3,(H,26,28)/t18-/m1/s1. The van der Waals surface area contributed by atoms with Gasteiger partial charge in [-0.3, -0.25) is 0 Å². The van der Waals surface area contributed by atoms with Gasteiger partial charge in [-0.25, -0.2) is 9.59 Å². The third-order valence-electron chi connectivity index (χ3n) is 5.33. The first-order valence-corrected chi connectivity index (χ1v) is 11.1. The van der Waals surface area contributed by atoms with Gasteiger partial charge < -0.3 is 24.1 Å². The summed E-state index contributed by atoms with van der Waals surface area (Å²) in [7, 11) is -0.462. The fourth-order valence-electron chi connectivity index (χ4n) is 3.04. The molecule has 0 aromatic heterocycles. The maximum absolute atomic E-state index is 12.8. The smallest absolute Gasteiger partial charge is 0.458 e. The van der Waals surface area contributed by atoms with Crippen LogP contribution in [0.3, 0.4) is 0 Å². The van der Waals surface area contributed by atoms with Crippen LogP contribution in [0.15, 0.2) is 24.3 Å². The molecule has 178 valence electrons. The van der Waals surface area contributed by atoms with Crippen molar-refractivity contribution in [3.8, 4) is 0 Å². The second kappa shape index (κ2) is 9.06. The normalized spacial score (nSPS) is 18.8. The maximum atomic E-state index is 12.8. The van der Waals surface area contributed by atoms with Crippen LogP contribution < -0.4 is 10.8 Å². The highest BCUT2D eigenvalue weighted by molar-refractivity contribution is 6.62. The number of hydrogen-bond acceptors (Lipinski definition) is 6. The van der Waals surface area contributed by atoms with Crippen LogP contribution >= 0.6 is 0 Å². The summed E-state index contributed by atoms with van der Waals surface area (Å²) in [6.07, 6.45) is -0.403. The van der Waals surface area contributed by atoms with Gasteiger partial charge in [-0.2, -0.15) is 0 Å². The van der Waals surface area contributed by atoms with Gasteiger partial charge in [-0.1, -0.05) is 24.3 Å². The zero-order chi connectivity index (χ0) is 24.5. The molecule has 1 aliphatic heterocycles. The fraction of sp³-hybridized carbons (Fsp3) is 0.667. The Morgan fingerprint density at radius 1 is 0.906 bits per heavy atom. The molecular weight excluding hydrogens is 409 g/mol.